The molecule has 2 saturated heterocycles. The Balaban J connectivity index is 0.824. The number of aliphatic imine (C=N–C) groups is 1. The molecule has 0 bridgehead atoms. The summed E-state index contributed by atoms with van der Waals surface area (Å²) in [4.78, 5) is 76.8. The number of methoxy groups -OCH3 is 2. The first kappa shape index (κ1) is 47.8. The van der Waals surface area contributed by atoms with Gasteiger partial charge in [-0.2, -0.15) is 0 Å². The Kier molecular flexibility index (Phi) is 13.4. The quantitative estimate of drug-likeness (QED) is 0.123. The highest BCUT2D eigenvalue weighted by atomic mass is 16.6. The van der Waals surface area contributed by atoms with Gasteiger partial charge in [0.25, 0.3) is 11.8 Å². The van der Waals surface area contributed by atoms with Crippen molar-refractivity contribution in [3.63, 3.8) is 0 Å². The monoisotopic (exact) mass is 948 g/mol. The van der Waals surface area contributed by atoms with Crippen LogP contribution in [0.5, 0.6) is 23.0 Å². The van der Waals surface area contributed by atoms with E-state index in [0.717, 1.165) is 50.0 Å². The molecule has 0 aromatic heterocycles. The molecule has 4 aliphatic heterocycles. The van der Waals surface area contributed by atoms with E-state index in [1.165, 1.54) is 7.11 Å². The lowest BCUT2D eigenvalue weighted by Crippen LogP contribution is -2.50. The minimum absolute atomic E-state index is 0.00929. The summed E-state index contributed by atoms with van der Waals surface area (Å²) >= 11 is 0. The van der Waals surface area contributed by atoms with Gasteiger partial charge < -0.3 is 49.6 Å². The molecule has 3 aromatic rings. The zero-order chi connectivity index (χ0) is 48.8. The van der Waals surface area contributed by atoms with Crippen LogP contribution in [0.2, 0.25) is 0 Å². The van der Waals surface area contributed by atoms with Gasteiger partial charge in [-0.05, 0) is 105 Å². The normalized spacial score (nSPS) is 22.0. The number of fused-ring (bicyclic) bond motifs is 4. The van der Waals surface area contributed by atoms with E-state index in [4.69, 9.17) is 34.4 Å². The number of hydrogen-bond donors (Lipinski definition) is 3. The molecule has 0 unspecified atom stereocenters. The van der Waals surface area contributed by atoms with Gasteiger partial charge in [-0.1, -0.05) is 38.1 Å². The van der Waals surface area contributed by atoms with Gasteiger partial charge in [0.15, 0.2) is 35.0 Å². The molecule has 6 aliphatic rings. The fourth-order valence-electron chi connectivity index (χ4n) is 10.2. The Morgan fingerprint density at radius 3 is 2.03 bits per heavy atom. The van der Waals surface area contributed by atoms with Crippen LogP contribution in [0.4, 0.5) is 16.2 Å². The van der Waals surface area contributed by atoms with E-state index in [9.17, 15) is 29.1 Å². The van der Waals surface area contributed by atoms with Gasteiger partial charge in [-0.25, -0.2) is 9.69 Å². The van der Waals surface area contributed by atoms with E-state index in [0.29, 0.717) is 77.8 Å². The van der Waals surface area contributed by atoms with Crippen molar-refractivity contribution in [2.24, 2.45) is 27.5 Å². The third-order valence-corrected chi connectivity index (χ3v) is 14.9. The number of rotatable bonds is 18. The topological polar surface area (TPSA) is 212 Å². The van der Waals surface area contributed by atoms with E-state index >= 15 is 0 Å². The zero-order valence-electron chi connectivity index (χ0n) is 40.2. The van der Waals surface area contributed by atoms with Crippen molar-refractivity contribution in [3.05, 3.63) is 70.8 Å². The molecule has 17 nitrogen and oxygen atoms in total. The van der Waals surface area contributed by atoms with Crippen LogP contribution in [-0.2, 0) is 27.4 Å². The molecule has 17 heteroatoms. The van der Waals surface area contributed by atoms with E-state index < -0.39 is 30.4 Å². The second-order valence-corrected chi connectivity index (χ2v) is 20.3. The summed E-state index contributed by atoms with van der Waals surface area (Å²) in [7, 11) is 3.04. The molecule has 4 N–H and O–H groups in total. The molecule has 69 heavy (non-hydrogen) atoms. The standard InChI is InChI=1S/C52H64N6O11/c1-30(2)45(53)46(60)55-31(3)40(59)19-32-9-11-33(12-10-32)27-69-50(64)58-38-23-44(42(66-5)21-36(38)48(62)57-29-52(15-16-52)25-39(57)49(58)63)68-18-8-6-7-17-67-43-22-37-35(20-41(43)65-4)47(61)56-28-51(13-14-51)24-34(56)26-54-37/h9-12,20-23,26,30-31,34,39,45,49,63H,6-8,13-19,24-25,27-29,53H2,1-5H3,(H,55,60)/t31-,34-,39-,45-,49-/m0/s1. The van der Waals surface area contributed by atoms with Gasteiger partial charge in [0, 0.05) is 37.9 Å². The van der Waals surface area contributed by atoms with Crippen molar-refractivity contribution in [1.29, 1.82) is 0 Å². The molecule has 3 aromatic carbocycles. The van der Waals surface area contributed by atoms with Gasteiger partial charge in [0.2, 0.25) is 5.91 Å². The summed E-state index contributed by atoms with van der Waals surface area (Å²) in [6.45, 7) is 7.09. The van der Waals surface area contributed by atoms with Crippen LogP contribution in [0.1, 0.15) is 110 Å². The number of aliphatic hydroxyl groups excluding tert-OH is 1. The number of carbonyl (C=O) groups excluding carboxylic acids is 5. The molecular formula is C52H64N6O11. The van der Waals surface area contributed by atoms with Crippen LogP contribution in [-0.4, -0.2) is 122 Å². The van der Waals surface area contributed by atoms with E-state index in [-0.39, 0.29) is 77.2 Å². The van der Waals surface area contributed by atoms with Crippen molar-refractivity contribution in [2.45, 2.75) is 122 Å². The molecule has 2 aliphatic carbocycles. The highest BCUT2D eigenvalue weighted by Crippen LogP contribution is 2.57. The number of unbranched alkanes of at least 4 members (excludes halogenated alkanes) is 2. The molecule has 2 spiro atoms. The zero-order valence-corrected chi connectivity index (χ0v) is 40.2. The molecule has 4 amide bonds. The summed E-state index contributed by atoms with van der Waals surface area (Å²) in [5.74, 6) is 0.643. The number of nitrogens with one attached hydrogen (secondary N) is 1. The summed E-state index contributed by atoms with van der Waals surface area (Å²) in [5.41, 5.74) is 8.92. The maximum absolute atomic E-state index is 14.3. The Bertz CT molecular complexity index is 2520. The summed E-state index contributed by atoms with van der Waals surface area (Å²) < 4.78 is 29.6. The van der Waals surface area contributed by atoms with Crippen LogP contribution in [0, 0.1) is 16.7 Å². The predicted octanol–water partition coefficient (Wildman–Crippen LogP) is 6.11. The maximum atomic E-state index is 14.3. The molecule has 2 saturated carbocycles. The van der Waals surface area contributed by atoms with E-state index in [1.54, 1.807) is 67.5 Å². The summed E-state index contributed by atoms with van der Waals surface area (Å²) in [6, 6.07) is 11.6. The average Bonchev–Trinajstić information content (AvgIpc) is 4.22. The minimum atomic E-state index is -1.40. The van der Waals surface area contributed by atoms with Gasteiger partial charge in [-0.15, -0.1) is 0 Å². The molecule has 4 heterocycles. The molecule has 0 radical (unpaired) electrons. The van der Waals surface area contributed by atoms with Gasteiger partial charge in [0.1, 0.15) is 6.61 Å². The SMILES string of the molecule is COc1cc2c(cc1OCCCCCOc1cc3c(cc1OC)C(=O)N1CC4(CC4)C[C@H]1[C@H](O)N3C(=O)OCc1ccc(CC(=O)[C@H](C)NC(=O)[C@@H](N)C(C)C)cc1)N=C[C@@H]1CC3(CC3)CN1C2=O. The van der Waals surface area contributed by atoms with Crippen molar-refractivity contribution in [3.8, 4) is 23.0 Å². The largest absolute Gasteiger partial charge is 0.493 e. The Morgan fingerprint density at radius 2 is 1.39 bits per heavy atom. The van der Waals surface area contributed by atoms with Crippen molar-refractivity contribution < 1.29 is 52.8 Å². The second-order valence-electron chi connectivity index (χ2n) is 20.3. The summed E-state index contributed by atoms with van der Waals surface area (Å²) in [6.07, 6.45) is 7.55. The average molecular weight is 949 g/mol. The lowest BCUT2D eigenvalue weighted by atomic mass is 10.0. The number of carbonyl (C=O) groups is 5. The van der Waals surface area contributed by atoms with Crippen LogP contribution in [0.3, 0.4) is 0 Å². The molecule has 368 valence electrons. The van der Waals surface area contributed by atoms with Crippen molar-refractivity contribution in [1.82, 2.24) is 15.1 Å². The van der Waals surface area contributed by atoms with E-state index in [1.807, 2.05) is 25.0 Å². The molecule has 5 atom stereocenters. The van der Waals surface area contributed by atoms with Gasteiger partial charge in [-0.3, -0.25) is 24.2 Å². The number of ketones is 1. The van der Waals surface area contributed by atoms with Crippen LogP contribution >= 0.6 is 0 Å². The van der Waals surface area contributed by atoms with E-state index in [2.05, 4.69) is 5.32 Å². The highest BCUT2D eigenvalue weighted by molar-refractivity contribution is 6.06. The lowest BCUT2D eigenvalue weighted by Gasteiger charge is -2.31. The second kappa shape index (κ2) is 19.3. The Morgan fingerprint density at radius 1 is 0.797 bits per heavy atom. The molecular weight excluding hydrogens is 885 g/mol. The highest BCUT2D eigenvalue weighted by Gasteiger charge is 2.58. The minimum Gasteiger partial charge on any atom is -0.493 e. The number of ether oxygens (including phenoxy) is 5. The number of amides is 4. The van der Waals surface area contributed by atoms with Gasteiger partial charge in [0.05, 0.1) is 74.1 Å². The van der Waals surface area contributed by atoms with Crippen LogP contribution in [0.15, 0.2) is 53.5 Å². The summed E-state index contributed by atoms with van der Waals surface area (Å²) in [5, 5.41) is 14.7. The first-order valence-corrected chi connectivity index (χ1v) is 24.3. The first-order valence-electron chi connectivity index (χ1n) is 24.3. The predicted molar refractivity (Wildman–Crippen MR) is 255 cm³/mol. The first-order chi connectivity index (χ1) is 33.1. The molecule has 4 fully saturated rings. The number of anilines is 1. The number of hydrogen-bond acceptors (Lipinski definition) is 13. The third-order valence-electron chi connectivity index (χ3n) is 14.9. The maximum Gasteiger partial charge on any atom is 0.416 e. The number of nitrogens with two attached hydrogens (primary N) is 1. The third kappa shape index (κ3) is 9.85. The number of aliphatic hydroxyl groups is 1. The number of benzene rings is 3. The van der Waals surface area contributed by atoms with Crippen molar-refractivity contribution >= 4 is 47.2 Å². The van der Waals surface area contributed by atoms with Crippen LogP contribution in [0.25, 0.3) is 0 Å². The Labute approximate surface area is 402 Å². The lowest BCUT2D eigenvalue weighted by molar-refractivity contribution is -0.128. The van der Waals surface area contributed by atoms with Crippen LogP contribution < -0.4 is 34.9 Å². The smallest absolute Gasteiger partial charge is 0.416 e. The van der Waals surface area contributed by atoms with Crippen molar-refractivity contribution in [2.75, 3.05) is 45.4 Å². The fraction of sp³-hybridized carbons (Fsp3) is 0.538. The molecule has 9 rings (SSSR count). The number of Topliss-reactive ketones (excluding diaryl/α,β-unsaturated/α-hetero) is 1. The number of nitrogens with zero attached hydrogens (tertiary/aromatic N) is 4. The Hall–Kier alpha value is -6.20. The van der Waals surface area contributed by atoms with Gasteiger partial charge >= 0.3 is 6.09 Å². The fourth-order valence-corrected chi connectivity index (χ4v) is 10.2.